The number of carboxylic acid groups (broad SMARTS) is 1. The topological polar surface area (TPSA) is 323 Å². The summed E-state index contributed by atoms with van der Waals surface area (Å²) < 4.78 is 10.2. The average Bonchev–Trinajstić information content (AvgIpc) is 3.87. The first-order valence-corrected chi connectivity index (χ1v) is 26.1. The van der Waals surface area contributed by atoms with Crippen LogP contribution in [-0.2, 0) is 51.1 Å². The van der Waals surface area contributed by atoms with E-state index in [1.165, 1.54) is 24.0 Å². The highest BCUT2D eigenvalue weighted by molar-refractivity contribution is 5.99. The first-order chi connectivity index (χ1) is 36.8. The van der Waals surface area contributed by atoms with Gasteiger partial charge in [0.25, 0.3) is 5.69 Å². The van der Waals surface area contributed by atoms with Crippen molar-refractivity contribution in [2.45, 2.75) is 149 Å². The Morgan fingerprint density at radius 2 is 1.36 bits per heavy atom. The first kappa shape index (κ1) is 62.4. The van der Waals surface area contributed by atoms with Crippen LogP contribution in [0, 0.1) is 22.0 Å². The molecule has 0 aromatic heterocycles. The van der Waals surface area contributed by atoms with E-state index in [0.29, 0.717) is 37.1 Å². The standard InChI is InChI=1S/C55H75N9O14/c1-33(2)28-43(62-52(71)45-17-13-27-63(45)35(5)65)48(67)57-32-47(66)59-42(24-20-36-14-10-9-11-15-36)50(69)60-41(16-12-26-56-53(72)78-55(6,7)8)49(68)61-44(29-34(3)4)51(70)58-39-21-18-37(19-22-39)30-38-31-40(64(75)76)23-25-46(38)77-54(73)74/h9-11,14-15,18-19,21-23,25,31,33-34,41-45H,12-13,16-17,20,24,26-30,32H2,1-8H3,(H,56,72)(H,57,67)(H,58,70)(H,59,66)(H,60,69)(H,61,68)(H,62,71)(H,73,74)/t41-,42-,43-,44-,45-/m0/s1. The molecule has 1 aliphatic rings. The number of nitro groups is 1. The van der Waals surface area contributed by atoms with Gasteiger partial charge in [-0.2, -0.15) is 0 Å². The molecule has 3 aromatic carbocycles. The highest BCUT2D eigenvalue weighted by Crippen LogP contribution is 2.28. The van der Waals surface area contributed by atoms with Crippen molar-refractivity contribution in [3.63, 3.8) is 0 Å². The summed E-state index contributed by atoms with van der Waals surface area (Å²) in [7, 11) is 0. The molecule has 78 heavy (non-hydrogen) atoms. The number of likely N-dealkylation sites (tertiary alicyclic amines) is 1. The summed E-state index contributed by atoms with van der Waals surface area (Å²) >= 11 is 0. The maximum absolute atomic E-state index is 14.4. The number of nitrogens with one attached hydrogen (secondary N) is 7. The van der Waals surface area contributed by atoms with Gasteiger partial charge in [0.05, 0.1) is 11.5 Å². The average molecular weight is 1090 g/mol. The largest absolute Gasteiger partial charge is 0.511 e. The summed E-state index contributed by atoms with van der Waals surface area (Å²) in [6.07, 6.45) is -0.282. The lowest BCUT2D eigenvalue weighted by atomic mass is 10.0. The summed E-state index contributed by atoms with van der Waals surface area (Å²) in [4.78, 5) is 132. The second-order valence-corrected chi connectivity index (χ2v) is 21.0. The number of hydrogen-bond donors (Lipinski definition) is 8. The molecule has 1 fully saturated rings. The summed E-state index contributed by atoms with van der Waals surface area (Å²) in [5.74, 6) is -4.44. The van der Waals surface area contributed by atoms with Crippen molar-refractivity contribution in [3.8, 4) is 5.75 Å². The Morgan fingerprint density at radius 1 is 0.744 bits per heavy atom. The number of hydrogen-bond acceptors (Lipinski definition) is 13. The zero-order valence-electron chi connectivity index (χ0n) is 45.6. The van der Waals surface area contributed by atoms with Crippen LogP contribution in [0.15, 0.2) is 72.8 Å². The Bertz CT molecular complexity index is 2590. The second kappa shape index (κ2) is 30.0. The summed E-state index contributed by atoms with van der Waals surface area (Å²) in [6, 6.07) is 13.6. The molecular weight excluding hydrogens is 1010 g/mol. The first-order valence-electron chi connectivity index (χ1n) is 26.1. The van der Waals surface area contributed by atoms with Crippen LogP contribution in [0.5, 0.6) is 5.75 Å². The minimum atomic E-state index is -1.59. The molecule has 8 amide bonds. The number of rotatable bonds is 27. The maximum atomic E-state index is 14.4. The van der Waals surface area contributed by atoms with Crippen molar-refractivity contribution in [3.05, 3.63) is 99.6 Å². The van der Waals surface area contributed by atoms with E-state index in [0.717, 1.165) is 11.6 Å². The van der Waals surface area contributed by atoms with Crippen LogP contribution in [0.3, 0.4) is 0 Å². The van der Waals surface area contributed by atoms with Crippen LogP contribution in [0.4, 0.5) is 21.0 Å². The number of nitrogens with zero attached hydrogens (tertiary/aromatic N) is 2. The van der Waals surface area contributed by atoms with Crippen LogP contribution in [0.2, 0.25) is 0 Å². The molecule has 424 valence electrons. The van der Waals surface area contributed by atoms with Gasteiger partial charge in [0, 0.05) is 49.8 Å². The fourth-order valence-corrected chi connectivity index (χ4v) is 8.64. The van der Waals surface area contributed by atoms with E-state index in [4.69, 9.17) is 9.47 Å². The molecule has 0 saturated carbocycles. The lowest BCUT2D eigenvalue weighted by Crippen LogP contribution is -2.57. The number of nitro benzene ring substituents is 1. The van der Waals surface area contributed by atoms with E-state index in [1.54, 1.807) is 45.0 Å². The van der Waals surface area contributed by atoms with Crippen LogP contribution in [-0.4, -0.2) is 124 Å². The van der Waals surface area contributed by atoms with Crippen LogP contribution in [0.25, 0.3) is 0 Å². The van der Waals surface area contributed by atoms with Crippen LogP contribution < -0.4 is 42.0 Å². The lowest BCUT2D eigenvalue weighted by Gasteiger charge is -2.27. The Kier molecular flexibility index (Phi) is 24.0. The zero-order valence-corrected chi connectivity index (χ0v) is 45.6. The number of carbonyl (C=O) groups is 9. The third-order valence-corrected chi connectivity index (χ3v) is 12.3. The van der Waals surface area contributed by atoms with Gasteiger partial charge in [-0.15, -0.1) is 0 Å². The van der Waals surface area contributed by atoms with Crippen molar-refractivity contribution in [2.24, 2.45) is 11.8 Å². The van der Waals surface area contributed by atoms with Crippen molar-refractivity contribution >= 4 is 65.0 Å². The number of anilines is 1. The zero-order chi connectivity index (χ0) is 57.7. The van der Waals surface area contributed by atoms with Gasteiger partial charge >= 0.3 is 12.2 Å². The normalized spacial score (nSPS) is 14.7. The molecule has 8 N–H and O–H groups in total. The van der Waals surface area contributed by atoms with E-state index in [-0.39, 0.29) is 79.8 Å². The summed E-state index contributed by atoms with van der Waals surface area (Å²) in [6.45, 7) is 13.8. The van der Waals surface area contributed by atoms with Crippen molar-refractivity contribution in [1.82, 2.24) is 36.8 Å². The molecule has 0 spiro atoms. The quantitative estimate of drug-likeness (QED) is 0.0158. The number of aryl methyl sites for hydroxylation is 1. The summed E-state index contributed by atoms with van der Waals surface area (Å²) in [5, 5.41) is 39.7. The minimum Gasteiger partial charge on any atom is -0.449 e. The molecule has 0 bridgehead atoms. The second-order valence-electron chi connectivity index (χ2n) is 21.0. The molecular formula is C55H75N9O14. The number of amides is 8. The van der Waals surface area contributed by atoms with Gasteiger partial charge in [0.2, 0.25) is 41.4 Å². The van der Waals surface area contributed by atoms with Crippen molar-refractivity contribution in [2.75, 3.05) is 25.0 Å². The monoisotopic (exact) mass is 1090 g/mol. The van der Waals surface area contributed by atoms with Gasteiger partial charge in [-0.3, -0.25) is 43.7 Å². The Balaban J connectivity index is 1.53. The molecule has 3 aromatic rings. The maximum Gasteiger partial charge on any atom is 0.511 e. The number of benzene rings is 3. The SMILES string of the molecule is CC(=O)N1CCC[C@H]1C(=O)N[C@@H](CC(C)C)C(=O)NCC(=O)N[C@@H](CCc1ccccc1)C(=O)N[C@@H](CCCNC(=O)OC(C)(C)C)C(=O)N[C@@H](CC(C)C)C(=O)Nc1ccc(Cc2cc([N+](=O)[O-])ccc2OC(=O)O)cc1. The van der Waals surface area contributed by atoms with Crippen molar-refractivity contribution in [1.29, 1.82) is 0 Å². The predicted molar refractivity (Wildman–Crippen MR) is 288 cm³/mol. The van der Waals surface area contributed by atoms with Gasteiger partial charge < -0.3 is 56.7 Å². The fraction of sp³-hybridized carbons (Fsp3) is 0.509. The molecule has 0 unspecified atom stereocenters. The molecule has 4 rings (SSSR count). The Morgan fingerprint density at radius 3 is 1.95 bits per heavy atom. The third kappa shape index (κ3) is 21.5. The number of ether oxygens (including phenoxy) is 2. The molecule has 1 heterocycles. The van der Waals surface area contributed by atoms with Gasteiger partial charge in [-0.1, -0.05) is 70.2 Å². The third-order valence-electron chi connectivity index (χ3n) is 12.3. The molecule has 1 aliphatic heterocycles. The molecule has 0 radical (unpaired) electrons. The van der Waals surface area contributed by atoms with Crippen LogP contribution in [0.1, 0.15) is 117 Å². The predicted octanol–water partition coefficient (Wildman–Crippen LogP) is 5.28. The van der Waals surface area contributed by atoms with Gasteiger partial charge in [0.1, 0.15) is 41.6 Å². The number of carbonyl (C=O) groups excluding carboxylic acids is 8. The van der Waals surface area contributed by atoms with E-state index < -0.39 is 95.0 Å². The number of alkyl carbamates (subject to hydrolysis) is 1. The highest BCUT2D eigenvalue weighted by Gasteiger charge is 2.35. The van der Waals surface area contributed by atoms with E-state index in [1.807, 2.05) is 58.0 Å². The van der Waals surface area contributed by atoms with Gasteiger partial charge in [-0.05, 0) is 113 Å². The molecule has 0 aliphatic carbocycles. The number of non-ortho nitro benzene ring substituents is 1. The van der Waals surface area contributed by atoms with Gasteiger partial charge in [-0.25, -0.2) is 9.59 Å². The van der Waals surface area contributed by atoms with E-state index in [9.17, 15) is 58.4 Å². The van der Waals surface area contributed by atoms with Crippen molar-refractivity contribution < 1.29 is 62.7 Å². The molecule has 23 nitrogen and oxygen atoms in total. The molecule has 1 saturated heterocycles. The minimum absolute atomic E-state index is 0.0387. The molecule has 5 atom stereocenters. The van der Waals surface area contributed by atoms with Crippen LogP contribution >= 0.6 is 0 Å². The molecule has 23 heteroatoms. The van der Waals surface area contributed by atoms with E-state index in [2.05, 4.69) is 37.2 Å². The Hall–Kier alpha value is -8.11. The smallest absolute Gasteiger partial charge is 0.449 e. The van der Waals surface area contributed by atoms with Gasteiger partial charge in [0.15, 0.2) is 0 Å². The fourth-order valence-electron chi connectivity index (χ4n) is 8.64. The Labute approximate surface area is 454 Å². The summed E-state index contributed by atoms with van der Waals surface area (Å²) in [5.41, 5.74) is 0.946. The lowest BCUT2D eigenvalue weighted by molar-refractivity contribution is -0.384. The van der Waals surface area contributed by atoms with E-state index >= 15 is 0 Å². The highest BCUT2D eigenvalue weighted by atomic mass is 16.7.